The van der Waals surface area contributed by atoms with Crippen LogP contribution in [0.5, 0.6) is 0 Å². The average Bonchev–Trinajstić information content (AvgIpc) is 2.65. The van der Waals surface area contributed by atoms with Crippen LogP contribution < -0.4 is 15.1 Å². The molecule has 0 saturated carbocycles. The molecule has 0 unspecified atom stereocenters. The first-order valence-electron chi connectivity index (χ1n) is 9.13. The van der Waals surface area contributed by atoms with E-state index >= 15 is 0 Å². The van der Waals surface area contributed by atoms with Crippen molar-refractivity contribution in [3.8, 4) is 0 Å². The van der Waals surface area contributed by atoms with Crippen molar-refractivity contribution in [2.75, 3.05) is 68.5 Å². The van der Waals surface area contributed by atoms with Gasteiger partial charge in [-0.25, -0.2) is 15.0 Å². The largest absolute Gasteiger partial charge is 0.370 e. The van der Waals surface area contributed by atoms with Crippen LogP contribution in [0.3, 0.4) is 0 Å². The molecule has 26 heavy (non-hydrogen) atoms. The van der Waals surface area contributed by atoms with E-state index in [1.54, 1.807) is 12.4 Å². The number of piperazine rings is 1. The molecule has 1 aliphatic rings. The molecule has 1 aliphatic heterocycles. The van der Waals surface area contributed by atoms with E-state index in [4.69, 9.17) is 4.98 Å². The van der Waals surface area contributed by atoms with Crippen LogP contribution in [0, 0.1) is 6.92 Å². The maximum atomic E-state index is 4.71. The number of anilines is 3. The summed E-state index contributed by atoms with van der Waals surface area (Å²) < 4.78 is 0. The molecule has 1 N–H and O–H groups in total. The van der Waals surface area contributed by atoms with Gasteiger partial charge in [-0.05, 0) is 40.1 Å². The minimum absolute atomic E-state index is 0.792. The normalized spacial score (nSPS) is 14.8. The zero-order chi connectivity index (χ0) is 18.4. The summed E-state index contributed by atoms with van der Waals surface area (Å²) >= 11 is 0. The Labute approximate surface area is 155 Å². The van der Waals surface area contributed by atoms with E-state index in [9.17, 15) is 0 Å². The Hall–Kier alpha value is -2.48. The van der Waals surface area contributed by atoms with Crippen molar-refractivity contribution in [1.82, 2.24) is 24.8 Å². The number of rotatable bonds is 7. The third-order valence-corrected chi connectivity index (χ3v) is 4.33. The van der Waals surface area contributed by atoms with Crippen LogP contribution in [-0.2, 0) is 0 Å². The van der Waals surface area contributed by atoms with Gasteiger partial charge in [0.25, 0.3) is 0 Å². The Kier molecular flexibility index (Phi) is 6.17. The number of aromatic nitrogens is 4. The lowest BCUT2D eigenvalue weighted by Crippen LogP contribution is -2.47. The molecular formula is C18H28N8. The van der Waals surface area contributed by atoms with Crippen molar-refractivity contribution in [1.29, 1.82) is 0 Å². The highest BCUT2D eigenvalue weighted by Gasteiger charge is 2.21. The van der Waals surface area contributed by atoms with E-state index in [2.05, 4.69) is 49.1 Å². The second kappa shape index (κ2) is 8.75. The summed E-state index contributed by atoms with van der Waals surface area (Å²) in [5.74, 6) is 2.49. The average molecular weight is 356 g/mol. The molecule has 2 aromatic rings. The van der Waals surface area contributed by atoms with Crippen molar-refractivity contribution in [2.24, 2.45) is 0 Å². The molecule has 0 radical (unpaired) electrons. The van der Waals surface area contributed by atoms with Crippen LogP contribution in [0.25, 0.3) is 0 Å². The summed E-state index contributed by atoms with van der Waals surface area (Å²) in [5.41, 5.74) is 0.985. The van der Waals surface area contributed by atoms with Gasteiger partial charge in [0, 0.05) is 56.9 Å². The Morgan fingerprint density at radius 1 is 1.00 bits per heavy atom. The monoisotopic (exact) mass is 356 g/mol. The summed E-state index contributed by atoms with van der Waals surface area (Å²) in [6.07, 6.45) is 4.65. The highest BCUT2D eigenvalue weighted by molar-refractivity contribution is 5.45. The molecule has 1 fully saturated rings. The highest BCUT2D eigenvalue weighted by Crippen LogP contribution is 2.17. The molecule has 0 aromatic carbocycles. The first-order chi connectivity index (χ1) is 12.6. The molecule has 0 amide bonds. The minimum Gasteiger partial charge on any atom is -0.370 e. The van der Waals surface area contributed by atoms with E-state index in [-0.39, 0.29) is 0 Å². The fourth-order valence-electron chi connectivity index (χ4n) is 2.96. The van der Waals surface area contributed by atoms with Gasteiger partial charge >= 0.3 is 0 Å². The lowest BCUT2D eigenvalue weighted by atomic mass is 10.3. The number of hydrogen-bond acceptors (Lipinski definition) is 8. The standard InChI is InChI=1S/C18H28N8/c1-15-14-16(19-8-5-9-24(2)3)23-18(22-15)26-12-10-25(11-13-26)17-20-6-4-7-21-17/h4,6-7,14H,5,8-13H2,1-3H3,(H,19,22,23). The highest BCUT2D eigenvalue weighted by atomic mass is 15.4. The summed E-state index contributed by atoms with van der Waals surface area (Å²) in [5, 5.41) is 3.42. The molecule has 0 aliphatic carbocycles. The Morgan fingerprint density at radius 2 is 1.65 bits per heavy atom. The predicted octanol–water partition coefficient (Wildman–Crippen LogP) is 1.27. The lowest BCUT2D eigenvalue weighted by Gasteiger charge is -2.34. The number of nitrogens with one attached hydrogen (secondary N) is 1. The van der Waals surface area contributed by atoms with Crippen LogP contribution in [-0.4, -0.2) is 78.2 Å². The van der Waals surface area contributed by atoms with Crippen molar-refractivity contribution >= 4 is 17.7 Å². The molecule has 2 aromatic heterocycles. The Morgan fingerprint density at radius 3 is 2.31 bits per heavy atom. The quantitative estimate of drug-likeness (QED) is 0.744. The van der Waals surface area contributed by atoms with Gasteiger partial charge in [-0.1, -0.05) is 0 Å². The Bertz CT molecular complexity index is 683. The van der Waals surface area contributed by atoms with E-state index in [1.165, 1.54) is 0 Å². The van der Waals surface area contributed by atoms with Crippen molar-refractivity contribution < 1.29 is 0 Å². The van der Waals surface area contributed by atoms with Crippen LogP contribution in [0.1, 0.15) is 12.1 Å². The molecule has 140 valence electrons. The lowest BCUT2D eigenvalue weighted by molar-refractivity contribution is 0.405. The van der Waals surface area contributed by atoms with Crippen LogP contribution in [0.15, 0.2) is 24.5 Å². The molecule has 0 bridgehead atoms. The first kappa shape index (κ1) is 18.3. The zero-order valence-electron chi connectivity index (χ0n) is 15.9. The number of aryl methyl sites for hydroxylation is 1. The van der Waals surface area contributed by atoms with Crippen molar-refractivity contribution in [3.05, 3.63) is 30.2 Å². The topological polar surface area (TPSA) is 73.3 Å². The fraction of sp³-hybridized carbons (Fsp3) is 0.556. The fourth-order valence-corrected chi connectivity index (χ4v) is 2.96. The van der Waals surface area contributed by atoms with Crippen molar-refractivity contribution in [3.63, 3.8) is 0 Å². The predicted molar refractivity (Wildman–Crippen MR) is 105 cm³/mol. The molecule has 1 saturated heterocycles. The summed E-state index contributed by atoms with van der Waals surface area (Å²) in [6, 6.07) is 3.85. The second-order valence-electron chi connectivity index (χ2n) is 6.80. The van der Waals surface area contributed by atoms with E-state index in [0.717, 1.165) is 69.1 Å². The smallest absolute Gasteiger partial charge is 0.227 e. The molecule has 3 heterocycles. The maximum Gasteiger partial charge on any atom is 0.227 e. The van der Waals surface area contributed by atoms with Crippen LogP contribution in [0.4, 0.5) is 17.7 Å². The summed E-state index contributed by atoms with van der Waals surface area (Å²) in [4.78, 5) is 24.6. The SMILES string of the molecule is Cc1cc(NCCCN(C)C)nc(N2CCN(c3ncccn3)CC2)n1. The van der Waals surface area contributed by atoms with E-state index in [0.29, 0.717) is 0 Å². The van der Waals surface area contributed by atoms with Gasteiger partial charge in [0.15, 0.2) is 0 Å². The second-order valence-corrected chi connectivity index (χ2v) is 6.80. The van der Waals surface area contributed by atoms with Gasteiger partial charge in [-0.15, -0.1) is 0 Å². The third-order valence-electron chi connectivity index (χ3n) is 4.33. The first-order valence-corrected chi connectivity index (χ1v) is 9.13. The van der Waals surface area contributed by atoms with Crippen LogP contribution in [0.2, 0.25) is 0 Å². The summed E-state index contributed by atoms with van der Waals surface area (Å²) in [7, 11) is 4.18. The van der Waals surface area contributed by atoms with Gasteiger partial charge in [-0.3, -0.25) is 0 Å². The van der Waals surface area contributed by atoms with Crippen LogP contribution >= 0.6 is 0 Å². The third kappa shape index (κ3) is 5.01. The van der Waals surface area contributed by atoms with Gasteiger partial charge < -0.3 is 20.0 Å². The Balaban J connectivity index is 1.57. The van der Waals surface area contributed by atoms with Gasteiger partial charge in [-0.2, -0.15) is 4.98 Å². The molecule has 0 spiro atoms. The maximum absolute atomic E-state index is 4.71. The zero-order valence-corrected chi connectivity index (χ0v) is 15.9. The summed E-state index contributed by atoms with van der Waals surface area (Å²) in [6.45, 7) is 7.45. The molecule has 0 atom stereocenters. The minimum atomic E-state index is 0.792. The van der Waals surface area contributed by atoms with Gasteiger partial charge in [0.05, 0.1) is 0 Å². The molecule has 8 heteroatoms. The number of hydrogen-bond donors (Lipinski definition) is 1. The van der Waals surface area contributed by atoms with E-state index in [1.807, 2.05) is 19.1 Å². The molecular weight excluding hydrogens is 328 g/mol. The van der Waals surface area contributed by atoms with Crippen molar-refractivity contribution in [2.45, 2.75) is 13.3 Å². The number of nitrogens with zero attached hydrogens (tertiary/aromatic N) is 7. The van der Waals surface area contributed by atoms with E-state index < -0.39 is 0 Å². The van der Waals surface area contributed by atoms with Gasteiger partial charge in [0.2, 0.25) is 11.9 Å². The molecule has 8 nitrogen and oxygen atoms in total. The van der Waals surface area contributed by atoms with Gasteiger partial charge in [0.1, 0.15) is 5.82 Å². The molecule has 3 rings (SSSR count).